The van der Waals surface area contributed by atoms with E-state index in [1.165, 1.54) is 12.1 Å². The lowest BCUT2D eigenvalue weighted by atomic mass is 9.87. The van der Waals surface area contributed by atoms with Gasteiger partial charge < -0.3 is 10.6 Å². The van der Waals surface area contributed by atoms with Crippen LogP contribution < -0.4 is 5.73 Å². The zero-order chi connectivity index (χ0) is 13.8. The first-order valence-electron chi connectivity index (χ1n) is 7.49. The molecule has 1 amide bonds. The molecule has 1 aliphatic heterocycles. The molecule has 0 spiro atoms. The number of nitrogens with two attached hydrogens (primary N) is 1. The van der Waals surface area contributed by atoms with E-state index in [2.05, 4.69) is 17.9 Å². The Balaban J connectivity index is 1.85. The molecule has 1 heterocycles. The molecule has 4 heteroatoms. The van der Waals surface area contributed by atoms with E-state index >= 15 is 0 Å². The van der Waals surface area contributed by atoms with Crippen molar-refractivity contribution < 1.29 is 4.79 Å². The Morgan fingerprint density at radius 2 is 2.37 bits per heavy atom. The topological polar surface area (TPSA) is 49.6 Å². The lowest BCUT2D eigenvalue weighted by molar-refractivity contribution is -0.130. The molecule has 1 saturated heterocycles. The zero-order valence-corrected chi connectivity index (χ0v) is 12.3. The molecule has 0 bridgehead atoms. The van der Waals surface area contributed by atoms with Gasteiger partial charge in [-0.3, -0.25) is 9.69 Å². The highest BCUT2D eigenvalue weighted by Crippen LogP contribution is 2.23. The first kappa shape index (κ1) is 14.5. The van der Waals surface area contributed by atoms with Crippen molar-refractivity contribution in [2.75, 3.05) is 33.2 Å². The van der Waals surface area contributed by atoms with Gasteiger partial charge in [-0.2, -0.15) is 0 Å². The van der Waals surface area contributed by atoms with Crippen LogP contribution in [0.15, 0.2) is 11.8 Å². The summed E-state index contributed by atoms with van der Waals surface area (Å²) in [4.78, 5) is 16.4. The Morgan fingerprint density at radius 1 is 1.58 bits per heavy atom. The van der Waals surface area contributed by atoms with Gasteiger partial charge in [-0.1, -0.05) is 13.0 Å². The number of hydrogen-bond acceptors (Lipinski definition) is 3. The van der Waals surface area contributed by atoms with Crippen molar-refractivity contribution in [1.29, 1.82) is 0 Å². The van der Waals surface area contributed by atoms with Crippen molar-refractivity contribution in [3.8, 4) is 0 Å². The molecule has 108 valence electrons. The third kappa shape index (κ3) is 3.57. The van der Waals surface area contributed by atoms with Gasteiger partial charge in [0.2, 0.25) is 5.91 Å². The molecule has 0 aromatic rings. The zero-order valence-electron chi connectivity index (χ0n) is 12.3. The third-order valence-corrected chi connectivity index (χ3v) is 4.68. The molecule has 0 aromatic carbocycles. The molecular weight excluding hydrogens is 238 g/mol. The summed E-state index contributed by atoms with van der Waals surface area (Å²) < 4.78 is 0. The number of amides is 1. The van der Waals surface area contributed by atoms with Crippen LogP contribution >= 0.6 is 0 Å². The Bertz CT molecular complexity index is 353. The molecular formula is C15H27N3O. The van der Waals surface area contributed by atoms with Crippen LogP contribution in [-0.2, 0) is 4.79 Å². The van der Waals surface area contributed by atoms with Crippen molar-refractivity contribution in [3.63, 3.8) is 0 Å². The average Bonchev–Trinajstić information content (AvgIpc) is 2.94. The van der Waals surface area contributed by atoms with Gasteiger partial charge in [-0.05, 0) is 50.6 Å². The van der Waals surface area contributed by atoms with E-state index in [0.717, 1.165) is 38.9 Å². The smallest absolute Gasteiger partial charge is 0.240 e. The summed E-state index contributed by atoms with van der Waals surface area (Å²) in [5.41, 5.74) is 7.01. The van der Waals surface area contributed by atoms with Crippen LogP contribution in [0.3, 0.4) is 0 Å². The first-order valence-corrected chi connectivity index (χ1v) is 7.49. The minimum Gasteiger partial charge on any atom is -0.330 e. The summed E-state index contributed by atoms with van der Waals surface area (Å²) in [5, 5.41) is 0. The highest BCUT2D eigenvalue weighted by molar-refractivity contribution is 5.79. The molecule has 2 N–H and O–H groups in total. The number of carbonyl (C=O) groups excluding carboxylic acids is 1. The summed E-state index contributed by atoms with van der Waals surface area (Å²) in [6.45, 7) is 5.53. The number of likely N-dealkylation sites (tertiary alicyclic amines) is 1. The van der Waals surface area contributed by atoms with Gasteiger partial charge in [0.05, 0.1) is 6.54 Å². The summed E-state index contributed by atoms with van der Waals surface area (Å²) in [6, 6.07) is 0. The van der Waals surface area contributed by atoms with Gasteiger partial charge in [0.25, 0.3) is 0 Å². The summed E-state index contributed by atoms with van der Waals surface area (Å²) in [7, 11) is 1.91. The fraction of sp³-hybridized carbons (Fsp3) is 0.800. The molecule has 2 aliphatic rings. The quantitative estimate of drug-likeness (QED) is 0.836. The molecule has 1 aliphatic carbocycles. The number of rotatable bonds is 4. The highest BCUT2D eigenvalue weighted by atomic mass is 16.2. The van der Waals surface area contributed by atoms with Crippen LogP contribution in [0, 0.1) is 11.8 Å². The molecule has 19 heavy (non-hydrogen) atoms. The number of hydrogen-bond donors (Lipinski definition) is 1. The van der Waals surface area contributed by atoms with E-state index in [9.17, 15) is 4.79 Å². The molecule has 2 unspecified atom stereocenters. The Hall–Kier alpha value is -0.870. The number of piperidine rings is 1. The number of allylic oxidation sites excluding steroid dienone is 2. The SMILES string of the molecule is CC1CCN(CC(=O)N(C)C2=CCCC2)CC1CN. The van der Waals surface area contributed by atoms with Crippen molar-refractivity contribution in [1.82, 2.24) is 9.80 Å². The minimum absolute atomic E-state index is 0.221. The Labute approximate surface area is 116 Å². The van der Waals surface area contributed by atoms with Crippen molar-refractivity contribution in [3.05, 3.63) is 11.8 Å². The summed E-state index contributed by atoms with van der Waals surface area (Å²) in [6.07, 6.45) is 6.69. The maximum Gasteiger partial charge on any atom is 0.240 e. The fourth-order valence-corrected chi connectivity index (χ4v) is 3.09. The van der Waals surface area contributed by atoms with E-state index in [-0.39, 0.29) is 5.91 Å². The number of likely N-dealkylation sites (N-methyl/N-ethyl adjacent to an activating group) is 1. The molecule has 1 fully saturated rings. The van der Waals surface area contributed by atoms with Crippen LogP contribution in [0.5, 0.6) is 0 Å². The maximum atomic E-state index is 12.3. The second-order valence-corrected chi connectivity index (χ2v) is 6.04. The number of carbonyl (C=O) groups is 1. The molecule has 4 nitrogen and oxygen atoms in total. The maximum absolute atomic E-state index is 12.3. The van der Waals surface area contributed by atoms with Gasteiger partial charge in [0, 0.05) is 19.3 Å². The van der Waals surface area contributed by atoms with Crippen molar-refractivity contribution in [2.24, 2.45) is 17.6 Å². The van der Waals surface area contributed by atoms with E-state index in [0.29, 0.717) is 18.4 Å². The van der Waals surface area contributed by atoms with Crippen LogP contribution in [0.4, 0.5) is 0 Å². The second kappa shape index (κ2) is 6.53. The van der Waals surface area contributed by atoms with Crippen LogP contribution in [0.2, 0.25) is 0 Å². The third-order valence-electron chi connectivity index (χ3n) is 4.68. The number of nitrogens with zero attached hydrogens (tertiary/aromatic N) is 2. The molecule has 0 radical (unpaired) electrons. The summed E-state index contributed by atoms with van der Waals surface area (Å²) >= 11 is 0. The Morgan fingerprint density at radius 3 is 3.00 bits per heavy atom. The lowest BCUT2D eigenvalue weighted by Crippen LogP contribution is -2.46. The second-order valence-electron chi connectivity index (χ2n) is 6.04. The van der Waals surface area contributed by atoms with E-state index in [1.54, 1.807) is 0 Å². The normalized spacial score (nSPS) is 28.3. The monoisotopic (exact) mass is 265 g/mol. The predicted molar refractivity (Wildman–Crippen MR) is 77.5 cm³/mol. The van der Waals surface area contributed by atoms with E-state index < -0.39 is 0 Å². The molecule has 0 saturated carbocycles. The largest absolute Gasteiger partial charge is 0.330 e. The lowest BCUT2D eigenvalue weighted by Gasteiger charge is -2.36. The summed E-state index contributed by atoms with van der Waals surface area (Å²) in [5.74, 6) is 1.45. The minimum atomic E-state index is 0.221. The first-order chi connectivity index (χ1) is 9.11. The molecule has 2 rings (SSSR count). The fourth-order valence-electron chi connectivity index (χ4n) is 3.09. The van der Waals surface area contributed by atoms with Gasteiger partial charge in [0.1, 0.15) is 0 Å². The predicted octanol–water partition coefficient (Wildman–Crippen LogP) is 1.43. The van der Waals surface area contributed by atoms with Gasteiger partial charge >= 0.3 is 0 Å². The average molecular weight is 265 g/mol. The van der Waals surface area contributed by atoms with Crippen molar-refractivity contribution in [2.45, 2.75) is 32.6 Å². The van der Waals surface area contributed by atoms with E-state index in [1.807, 2.05) is 11.9 Å². The Kier molecular flexibility index (Phi) is 4.99. The van der Waals surface area contributed by atoms with Crippen molar-refractivity contribution >= 4 is 5.91 Å². The van der Waals surface area contributed by atoms with Gasteiger partial charge in [-0.25, -0.2) is 0 Å². The van der Waals surface area contributed by atoms with Crippen LogP contribution in [-0.4, -0.2) is 48.9 Å². The standard InChI is InChI=1S/C15H27N3O/c1-12-7-8-18(10-13(12)9-16)11-15(19)17(2)14-5-3-4-6-14/h5,12-13H,3-4,6-11,16H2,1-2H3. The molecule has 0 aromatic heterocycles. The van der Waals surface area contributed by atoms with Gasteiger partial charge in [0.15, 0.2) is 0 Å². The highest BCUT2D eigenvalue weighted by Gasteiger charge is 2.27. The van der Waals surface area contributed by atoms with Crippen LogP contribution in [0.25, 0.3) is 0 Å². The molecule has 2 atom stereocenters. The van der Waals surface area contributed by atoms with Gasteiger partial charge in [-0.15, -0.1) is 0 Å². The van der Waals surface area contributed by atoms with Crippen LogP contribution in [0.1, 0.15) is 32.6 Å². The van der Waals surface area contributed by atoms with E-state index in [4.69, 9.17) is 5.73 Å².